The third-order valence-corrected chi connectivity index (χ3v) is 7.46. The maximum atomic E-state index is 11.0. The number of hydrogen-bond donors (Lipinski definition) is 1. The Hall–Kier alpha value is -0.830. The highest BCUT2D eigenvalue weighted by Crippen LogP contribution is 2.65. The van der Waals surface area contributed by atoms with Crippen molar-refractivity contribution in [3.05, 3.63) is 11.6 Å². The van der Waals surface area contributed by atoms with Crippen molar-refractivity contribution in [3.8, 4) is 0 Å². The van der Waals surface area contributed by atoms with Crippen molar-refractivity contribution in [2.24, 2.45) is 22.7 Å². The molecule has 3 fully saturated rings. The lowest BCUT2D eigenvalue weighted by molar-refractivity contribution is -0.152. The van der Waals surface area contributed by atoms with Crippen molar-refractivity contribution in [1.29, 1.82) is 0 Å². The number of aliphatic carboxylic acids is 1. The van der Waals surface area contributed by atoms with E-state index in [1.54, 1.807) is 0 Å². The van der Waals surface area contributed by atoms with Crippen molar-refractivity contribution in [1.82, 2.24) is 0 Å². The van der Waals surface area contributed by atoms with E-state index in [4.69, 9.17) is 9.84 Å². The summed E-state index contributed by atoms with van der Waals surface area (Å²) >= 11 is 0. The van der Waals surface area contributed by atoms with E-state index in [1.807, 2.05) is 6.92 Å². The largest absolute Gasteiger partial charge is 0.478 e. The number of hydrogen-bond acceptors (Lipinski definition) is 2. The highest BCUT2D eigenvalue weighted by molar-refractivity contribution is 5.80. The molecule has 1 aliphatic heterocycles. The van der Waals surface area contributed by atoms with Crippen LogP contribution in [0.1, 0.15) is 73.1 Å². The van der Waals surface area contributed by atoms with E-state index in [9.17, 15) is 4.79 Å². The molecule has 0 bridgehead atoms. The molecule has 3 aliphatic rings. The number of fused-ring (bicyclic) bond motifs is 3. The zero-order valence-corrected chi connectivity index (χ0v) is 15.3. The first-order valence-electron chi connectivity index (χ1n) is 9.17. The van der Waals surface area contributed by atoms with Crippen LogP contribution in [0.3, 0.4) is 0 Å². The van der Waals surface area contributed by atoms with E-state index in [1.165, 1.54) is 31.8 Å². The summed E-state index contributed by atoms with van der Waals surface area (Å²) in [5.74, 6) is 0.428. The van der Waals surface area contributed by atoms with Gasteiger partial charge in [-0.2, -0.15) is 0 Å². The highest BCUT2D eigenvalue weighted by Gasteiger charge is 2.62. The summed E-state index contributed by atoms with van der Waals surface area (Å²) in [6.45, 7) is 11.6. The molecule has 5 atom stereocenters. The Morgan fingerprint density at radius 1 is 1.13 bits per heavy atom. The van der Waals surface area contributed by atoms with Gasteiger partial charge in [-0.1, -0.05) is 27.2 Å². The van der Waals surface area contributed by atoms with Gasteiger partial charge in [-0.25, -0.2) is 4.79 Å². The topological polar surface area (TPSA) is 46.5 Å². The zero-order chi connectivity index (χ0) is 17.0. The van der Waals surface area contributed by atoms with E-state index in [0.717, 1.165) is 24.3 Å². The SMILES string of the molecule is C/C(=C\C(=O)O)[C@@H]1C[C@@H]2[C@@]3(C)CCCC(C)(C)[C@@H]3CC[C@@]2(C)O1. The molecule has 0 radical (unpaired) electrons. The van der Waals surface area contributed by atoms with Gasteiger partial charge in [-0.05, 0) is 74.2 Å². The number of rotatable bonds is 2. The summed E-state index contributed by atoms with van der Waals surface area (Å²) in [7, 11) is 0. The van der Waals surface area contributed by atoms with Gasteiger partial charge in [0.25, 0.3) is 0 Å². The van der Waals surface area contributed by atoms with Gasteiger partial charge >= 0.3 is 5.97 Å². The van der Waals surface area contributed by atoms with E-state index in [2.05, 4.69) is 27.7 Å². The van der Waals surface area contributed by atoms with Gasteiger partial charge in [0.05, 0.1) is 11.7 Å². The van der Waals surface area contributed by atoms with Crippen molar-refractivity contribution >= 4 is 5.97 Å². The minimum Gasteiger partial charge on any atom is -0.478 e. The van der Waals surface area contributed by atoms with Gasteiger partial charge in [0.1, 0.15) is 0 Å². The van der Waals surface area contributed by atoms with E-state index in [-0.39, 0.29) is 11.7 Å². The van der Waals surface area contributed by atoms with E-state index in [0.29, 0.717) is 16.7 Å². The third kappa shape index (κ3) is 2.65. The molecule has 1 saturated heterocycles. The van der Waals surface area contributed by atoms with Gasteiger partial charge in [0.15, 0.2) is 0 Å². The molecular weight excluding hydrogens is 288 g/mol. The van der Waals surface area contributed by atoms with E-state index < -0.39 is 5.97 Å². The van der Waals surface area contributed by atoms with Crippen LogP contribution in [0.4, 0.5) is 0 Å². The van der Waals surface area contributed by atoms with Crippen LogP contribution >= 0.6 is 0 Å². The summed E-state index contributed by atoms with van der Waals surface area (Å²) < 4.78 is 6.47. The van der Waals surface area contributed by atoms with Gasteiger partial charge in [-0.15, -0.1) is 0 Å². The molecule has 0 aromatic carbocycles. The third-order valence-electron chi connectivity index (χ3n) is 7.46. The fourth-order valence-electron chi connectivity index (χ4n) is 6.42. The predicted octanol–water partition coefficient (Wildman–Crippen LogP) is 4.81. The fourth-order valence-corrected chi connectivity index (χ4v) is 6.42. The summed E-state index contributed by atoms with van der Waals surface area (Å²) in [5, 5.41) is 9.04. The second kappa shape index (κ2) is 5.34. The number of carbonyl (C=O) groups is 1. The predicted molar refractivity (Wildman–Crippen MR) is 91.2 cm³/mol. The molecule has 0 spiro atoms. The highest BCUT2D eigenvalue weighted by atomic mass is 16.5. The van der Waals surface area contributed by atoms with Crippen LogP contribution in [0, 0.1) is 22.7 Å². The average Bonchev–Trinajstić information content (AvgIpc) is 2.76. The molecule has 3 rings (SSSR count). The Labute approximate surface area is 140 Å². The van der Waals surface area contributed by atoms with Crippen LogP contribution in [0.15, 0.2) is 11.6 Å². The fraction of sp³-hybridized carbons (Fsp3) is 0.850. The van der Waals surface area contributed by atoms with E-state index >= 15 is 0 Å². The normalized spacial score (nSPS) is 46.1. The minimum absolute atomic E-state index is 0.0262. The molecule has 0 aromatic heterocycles. The van der Waals surface area contributed by atoms with Gasteiger partial charge < -0.3 is 9.84 Å². The molecule has 1 heterocycles. The molecule has 1 N–H and O–H groups in total. The number of carboxylic acids is 1. The molecule has 0 amide bonds. The Kier molecular flexibility index (Phi) is 3.95. The monoisotopic (exact) mass is 320 g/mol. The van der Waals surface area contributed by atoms with Crippen molar-refractivity contribution < 1.29 is 14.6 Å². The summed E-state index contributed by atoms with van der Waals surface area (Å²) in [4.78, 5) is 11.0. The lowest BCUT2D eigenvalue weighted by Crippen LogP contribution is -2.55. The molecular formula is C20H32O3. The molecule has 2 saturated carbocycles. The van der Waals surface area contributed by atoms with Crippen molar-refractivity contribution in [2.45, 2.75) is 84.8 Å². The number of ether oxygens (including phenoxy) is 1. The standard InChI is InChI=1S/C20H32O3/c1-13(11-17(21)22)14-12-16-19(4)9-6-8-18(2,3)15(19)7-10-20(16,5)23-14/h11,14-16H,6-10,12H2,1-5H3,(H,21,22)/b13-11+/t14-,15-,16+,19-,20+/m0/s1. The Morgan fingerprint density at radius 3 is 2.48 bits per heavy atom. The van der Waals surface area contributed by atoms with Gasteiger partial charge in [0, 0.05) is 6.08 Å². The first-order valence-corrected chi connectivity index (χ1v) is 9.17. The quantitative estimate of drug-likeness (QED) is 0.743. The Balaban J connectivity index is 1.91. The van der Waals surface area contributed by atoms with Crippen molar-refractivity contribution in [2.75, 3.05) is 0 Å². The van der Waals surface area contributed by atoms with Crippen LogP contribution in [0.25, 0.3) is 0 Å². The molecule has 3 heteroatoms. The molecule has 23 heavy (non-hydrogen) atoms. The first-order chi connectivity index (χ1) is 10.6. The summed E-state index contributed by atoms with van der Waals surface area (Å²) in [6, 6.07) is 0. The van der Waals surface area contributed by atoms with Crippen LogP contribution in [-0.4, -0.2) is 22.8 Å². The Bertz CT molecular complexity index is 535. The summed E-state index contributed by atoms with van der Waals surface area (Å²) in [6.07, 6.45) is 8.56. The molecule has 3 nitrogen and oxygen atoms in total. The van der Waals surface area contributed by atoms with Gasteiger partial charge in [-0.3, -0.25) is 0 Å². The van der Waals surface area contributed by atoms with Gasteiger partial charge in [0.2, 0.25) is 0 Å². The molecule has 130 valence electrons. The second-order valence-corrected chi connectivity index (χ2v) is 9.37. The van der Waals surface area contributed by atoms with Crippen LogP contribution in [-0.2, 0) is 9.53 Å². The second-order valence-electron chi connectivity index (χ2n) is 9.37. The Morgan fingerprint density at radius 2 is 1.83 bits per heavy atom. The summed E-state index contributed by atoms with van der Waals surface area (Å²) in [5.41, 5.74) is 1.52. The number of carboxylic acid groups (broad SMARTS) is 1. The lowest BCUT2D eigenvalue weighted by atomic mass is 9.45. The lowest BCUT2D eigenvalue weighted by Gasteiger charge is -2.60. The van der Waals surface area contributed by atoms with Crippen LogP contribution in [0.5, 0.6) is 0 Å². The maximum absolute atomic E-state index is 11.0. The van der Waals surface area contributed by atoms with Crippen LogP contribution in [0.2, 0.25) is 0 Å². The molecule has 2 aliphatic carbocycles. The smallest absolute Gasteiger partial charge is 0.328 e. The first kappa shape index (κ1) is 17.0. The van der Waals surface area contributed by atoms with Crippen LogP contribution < -0.4 is 0 Å². The minimum atomic E-state index is -0.867. The molecule has 0 aromatic rings. The zero-order valence-electron chi connectivity index (χ0n) is 15.3. The average molecular weight is 320 g/mol. The maximum Gasteiger partial charge on any atom is 0.328 e. The van der Waals surface area contributed by atoms with Crippen molar-refractivity contribution in [3.63, 3.8) is 0 Å². The molecule has 0 unspecified atom stereocenters.